The second-order valence-corrected chi connectivity index (χ2v) is 6.79. The summed E-state index contributed by atoms with van der Waals surface area (Å²) in [6.45, 7) is 5.91. The number of carbonyl (C=O) groups is 1. The van der Waals surface area contributed by atoms with E-state index in [1.165, 1.54) is 5.56 Å². The molecule has 0 saturated heterocycles. The van der Waals surface area contributed by atoms with Crippen molar-refractivity contribution in [3.8, 4) is 17.2 Å². The molecule has 0 aliphatic rings. The van der Waals surface area contributed by atoms with Gasteiger partial charge in [-0.15, -0.1) is 0 Å². The van der Waals surface area contributed by atoms with Crippen LogP contribution in [0.1, 0.15) is 43.1 Å². The molecule has 1 N–H and O–H groups in total. The Balaban J connectivity index is 1.92. The fourth-order valence-electron chi connectivity index (χ4n) is 2.71. The highest BCUT2D eigenvalue weighted by atomic mass is 16.5. The molecule has 1 amide bonds. The summed E-state index contributed by atoms with van der Waals surface area (Å²) in [4.78, 5) is 12.5. The van der Waals surface area contributed by atoms with Gasteiger partial charge in [-0.3, -0.25) is 4.79 Å². The third-order valence-corrected chi connectivity index (χ3v) is 4.19. The van der Waals surface area contributed by atoms with Gasteiger partial charge in [-0.1, -0.05) is 12.1 Å². The maximum absolute atomic E-state index is 12.5. The van der Waals surface area contributed by atoms with Crippen molar-refractivity contribution in [3.63, 3.8) is 0 Å². The number of amides is 1. The van der Waals surface area contributed by atoms with Gasteiger partial charge < -0.3 is 19.5 Å². The predicted octanol–water partition coefficient (Wildman–Crippen LogP) is 4.24. The molecule has 2 aromatic carbocycles. The highest BCUT2D eigenvalue weighted by Gasteiger charge is 2.14. The average Bonchev–Trinajstić information content (AvgIpc) is 2.66. The van der Waals surface area contributed by atoms with Crippen molar-refractivity contribution >= 4 is 5.91 Å². The number of aryl methyl sites for hydroxylation is 1. The summed E-state index contributed by atoms with van der Waals surface area (Å²) >= 11 is 0. The van der Waals surface area contributed by atoms with Crippen LogP contribution in [0.15, 0.2) is 42.5 Å². The Hall–Kier alpha value is -2.69. The number of ether oxygens (including phenoxy) is 3. The van der Waals surface area contributed by atoms with Gasteiger partial charge >= 0.3 is 0 Å². The van der Waals surface area contributed by atoms with E-state index >= 15 is 0 Å². The van der Waals surface area contributed by atoms with Crippen molar-refractivity contribution in [1.29, 1.82) is 0 Å². The normalized spacial score (nSPS) is 11.8. The molecule has 0 aliphatic carbocycles. The number of nitrogens with one attached hydrogen (secondary N) is 1. The molecule has 0 radical (unpaired) electrons. The summed E-state index contributed by atoms with van der Waals surface area (Å²) < 4.78 is 16.2. The lowest BCUT2D eigenvalue weighted by Gasteiger charge is -2.16. The van der Waals surface area contributed by atoms with E-state index < -0.39 is 0 Å². The Morgan fingerprint density at radius 2 is 1.67 bits per heavy atom. The number of rotatable bonds is 9. The number of hydrogen-bond donors (Lipinski definition) is 1. The molecular weight excluding hydrogens is 342 g/mol. The second-order valence-electron chi connectivity index (χ2n) is 6.79. The predicted molar refractivity (Wildman–Crippen MR) is 107 cm³/mol. The van der Waals surface area contributed by atoms with E-state index in [9.17, 15) is 4.79 Å². The summed E-state index contributed by atoms with van der Waals surface area (Å²) in [5.41, 5.74) is 1.77. The maximum atomic E-state index is 12.5. The quantitative estimate of drug-likeness (QED) is 0.716. The Bertz CT molecular complexity index is 740. The Morgan fingerprint density at radius 1 is 0.963 bits per heavy atom. The molecule has 0 saturated carbocycles. The van der Waals surface area contributed by atoms with E-state index in [0.717, 1.165) is 18.6 Å². The van der Waals surface area contributed by atoms with Gasteiger partial charge in [-0.2, -0.15) is 0 Å². The van der Waals surface area contributed by atoms with Gasteiger partial charge in [0.15, 0.2) is 11.5 Å². The molecule has 2 aromatic rings. The van der Waals surface area contributed by atoms with Crippen LogP contribution in [0.3, 0.4) is 0 Å². The monoisotopic (exact) mass is 371 g/mol. The van der Waals surface area contributed by atoms with Crippen molar-refractivity contribution in [3.05, 3.63) is 53.6 Å². The minimum Gasteiger partial charge on any atom is -0.497 e. The molecule has 27 heavy (non-hydrogen) atoms. The molecule has 2 rings (SSSR count). The van der Waals surface area contributed by atoms with Gasteiger partial charge in [0, 0.05) is 11.6 Å². The van der Waals surface area contributed by atoms with Crippen molar-refractivity contribution in [2.24, 2.45) is 0 Å². The molecule has 0 heterocycles. The molecule has 0 aliphatic heterocycles. The van der Waals surface area contributed by atoms with Gasteiger partial charge in [-0.25, -0.2) is 0 Å². The van der Waals surface area contributed by atoms with Crippen LogP contribution in [-0.2, 0) is 6.42 Å². The minimum atomic E-state index is -0.119. The maximum Gasteiger partial charge on any atom is 0.251 e. The Morgan fingerprint density at radius 3 is 2.26 bits per heavy atom. The fraction of sp³-hybridized carbons (Fsp3) is 0.409. The van der Waals surface area contributed by atoms with E-state index in [4.69, 9.17) is 14.2 Å². The third kappa shape index (κ3) is 6.20. The van der Waals surface area contributed by atoms with Crippen LogP contribution >= 0.6 is 0 Å². The van der Waals surface area contributed by atoms with E-state index in [0.29, 0.717) is 17.1 Å². The number of carbonyl (C=O) groups excluding carboxylic acids is 1. The van der Waals surface area contributed by atoms with Gasteiger partial charge in [0.05, 0.1) is 20.3 Å². The van der Waals surface area contributed by atoms with Crippen LogP contribution in [0, 0.1) is 0 Å². The van der Waals surface area contributed by atoms with Crippen molar-refractivity contribution in [2.75, 3.05) is 14.2 Å². The largest absolute Gasteiger partial charge is 0.497 e. The number of methoxy groups -OCH3 is 2. The summed E-state index contributed by atoms with van der Waals surface area (Å²) in [7, 11) is 3.23. The van der Waals surface area contributed by atoms with Crippen molar-refractivity contribution in [1.82, 2.24) is 5.32 Å². The lowest BCUT2D eigenvalue weighted by Crippen LogP contribution is -2.32. The number of benzene rings is 2. The zero-order chi connectivity index (χ0) is 19.8. The molecule has 5 nitrogen and oxygen atoms in total. The Kier molecular flexibility index (Phi) is 7.53. The van der Waals surface area contributed by atoms with E-state index in [2.05, 4.69) is 5.32 Å². The molecule has 1 unspecified atom stereocenters. The van der Waals surface area contributed by atoms with Gasteiger partial charge in [0.25, 0.3) is 5.91 Å². The van der Waals surface area contributed by atoms with Crippen molar-refractivity contribution < 1.29 is 19.0 Å². The van der Waals surface area contributed by atoms with Gasteiger partial charge in [0.2, 0.25) is 0 Å². The zero-order valence-corrected chi connectivity index (χ0v) is 16.7. The zero-order valence-electron chi connectivity index (χ0n) is 16.7. The van der Waals surface area contributed by atoms with Gasteiger partial charge in [-0.05, 0) is 69.5 Å². The summed E-state index contributed by atoms with van der Waals surface area (Å²) in [5.74, 6) is 1.92. The van der Waals surface area contributed by atoms with E-state index in [-0.39, 0.29) is 18.1 Å². The van der Waals surface area contributed by atoms with E-state index in [1.807, 2.05) is 45.0 Å². The molecule has 0 aromatic heterocycles. The first-order chi connectivity index (χ1) is 12.9. The molecule has 5 heteroatoms. The second kappa shape index (κ2) is 9.86. The third-order valence-electron chi connectivity index (χ3n) is 4.19. The molecule has 0 bridgehead atoms. The number of hydrogen-bond acceptors (Lipinski definition) is 4. The van der Waals surface area contributed by atoms with Gasteiger partial charge in [0.1, 0.15) is 5.75 Å². The molecule has 1 atom stereocenters. The first-order valence-corrected chi connectivity index (χ1v) is 9.21. The first kappa shape index (κ1) is 20.6. The first-order valence-electron chi connectivity index (χ1n) is 9.21. The lowest BCUT2D eigenvalue weighted by atomic mass is 10.1. The Labute approximate surface area is 161 Å². The highest BCUT2D eigenvalue weighted by Crippen LogP contribution is 2.29. The minimum absolute atomic E-state index is 0.0385. The summed E-state index contributed by atoms with van der Waals surface area (Å²) in [5, 5.41) is 3.04. The van der Waals surface area contributed by atoms with Crippen LogP contribution in [0.25, 0.3) is 0 Å². The fourth-order valence-corrected chi connectivity index (χ4v) is 2.71. The summed E-state index contributed by atoms with van der Waals surface area (Å²) in [6.07, 6.45) is 1.77. The molecule has 146 valence electrons. The topological polar surface area (TPSA) is 56.8 Å². The molecular formula is C22H29NO4. The van der Waals surface area contributed by atoms with Crippen LogP contribution in [-0.4, -0.2) is 32.3 Å². The SMILES string of the molecule is COc1ccc(CCC(C)NC(=O)c2ccc(OC(C)C)c(OC)c2)cc1. The summed E-state index contributed by atoms with van der Waals surface area (Å²) in [6, 6.07) is 13.3. The van der Waals surface area contributed by atoms with Crippen LogP contribution < -0.4 is 19.5 Å². The lowest BCUT2D eigenvalue weighted by molar-refractivity contribution is 0.0938. The van der Waals surface area contributed by atoms with E-state index in [1.54, 1.807) is 32.4 Å². The van der Waals surface area contributed by atoms with Crippen molar-refractivity contribution in [2.45, 2.75) is 45.8 Å². The average molecular weight is 371 g/mol. The smallest absolute Gasteiger partial charge is 0.251 e. The van der Waals surface area contributed by atoms with Crippen LogP contribution in [0.4, 0.5) is 0 Å². The molecule has 0 spiro atoms. The van der Waals surface area contributed by atoms with Crippen LogP contribution in [0.2, 0.25) is 0 Å². The standard InChI is InChI=1S/C22H29NO4/c1-15(2)27-20-13-10-18(14-21(20)26-5)22(24)23-16(3)6-7-17-8-11-19(25-4)12-9-17/h8-16H,6-7H2,1-5H3,(H,23,24). The highest BCUT2D eigenvalue weighted by molar-refractivity contribution is 5.95. The van der Waals surface area contributed by atoms with Crippen LogP contribution in [0.5, 0.6) is 17.2 Å². The molecule has 0 fully saturated rings.